The topological polar surface area (TPSA) is 78.3 Å². The number of ketones is 1. The Balaban J connectivity index is 1.54. The van der Waals surface area contributed by atoms with Gasteiger partial charge in [0.2, 0.25) is 11.1 Å². The highest BCUT2D eigenvalue weighted by atomic mass is 79.9. The second kappa shape index (κ2) is 10.7. The average Bonchev–Trinajstić information content (AvgIpc) is 3.25. The van der Waals surface area contributed by atoms with Crippen LogP contribution < -0.4 is 14.8 Å². The first-order valence-corrected chi connectivity index (χ1v) is 14.0. The summed E-state index contributed by atoms with van der Waals surface area (Å²) in [5.74, 6) is 2.66. The minimum absolute atomic E-state index is 0.118. The van der Waals surface area contributed by atoms with Crippen molar-refractivity contribution in [2.24, 2.45) is 0 Å². The van der Waals surface area contributed by atoms with E-state index in [1.807, 2.05) is 18.2 Å². The number of anilines is 1. The van der Waals surface area contributed by atoms with Crippen LogP contribution in [0.4, 0.5) is 5.95 Å². The first kappa shape index (κ1) is 25.4. The van der Waals surface area contributed by atoms with Gasteiger partial charge in [0, 0.05) is 33.3 Å². The number of hydrogen-bond donors (Lipinski definition) is 1. The number of hydrogen-bond acceptors (Lipinski definition) is 7. The van der Waals surface area contributed by atoms with E-state index in [1.165, 1.54) is 0 Å². The highest BCUT2D eigenvalue weighted by Crippen LogP contribution is 2.45. The zero-order valence-electron chi connectivity index (χ0n) is 19.6. The van der Waals surface area contributed by atoms with Crippen LogP contribution in [0.5, 0.6) is 11.5 Å². The summed E-state index contributed by atoms with van der Waals surface area (Å²) in [6.45, 7) is 2.29. The Hall–Kier alpha value is -2.20. The number of benzene rings is 2. The van der Waals surface area contributed by atoms with Gasteiger partial charge in [-0.1, -0.05) is 48.0 Å². The maximum atomic E-state index is 13.1. The number of thioether (sulfide) groups is 1. The molecule has 1 atom stereocenters. The van der Waals surface area contributed by atoms with Crippen LogP contribution in [0.2, 0.25) is 10.0 Å². The molecule has 0 radical (unpaired) electrons. The standard InChI is InChI=1S/C25H23BrCl2N4O3S/c1-3-36-25-30-24-29-18-5-4-6-19(33)21(18)22(32(24)31-25)14-9-16(26)23(20(10-14)34-2)35-12-13-7-8-15(27)11-17(13)28/h7-11,22H,3-6,12H2,1-2H3,(H,29,30,31). The van der Waals surface area contributed by atoms with E-state index in [2.05, 4.69) is 33.2 Å². The third kappa shape index (κ3) is 4.86. The minimum atomic E-state index is -0.423. The summed E-state index contributed by atoms with van der Waals surface area (Å²) in [5.41, 5.74) is 3.28. The molecule has 1 aliphatic carbocycles. The monoisotopic (exact) mass is 608 g/mol. The fraction of sp³-hybridized carbons (Fsp3) is 0.320. The van der Waals surface area contributed by atoms with Gasteiger partial charge in [0.1, 0.15) is 12.6 Å². The van der Waals surface area contributed by atoms with E-state index in [0.717, 1.165) is 41.0 Å². The lowest BCUT2D eigenvalue weighted by Gasteiger charge is -2.32. The molecule has 0 saturated heterocycles. The number of carbonyl (C=O) groups excluding carboxylic acids is 1. The fourth-order valence-electron chi connectivity index (χ4n) is 4.46. The van der Waals surface area contributed by atoms with Crippen molar-refractivity contribution >= 4 is 62.6 Å². The predicted octanol–water partition coefficient (Wildman–Crippen LogP) is 7.07. The lowest BCUT2D eigenvalue weighted by atomic mass is 9.85. The maximum Gasteiger partial charge on any atom is 0.227 e. The normalized spacial score (nSPS) is 16.9. The van der Waals surface area contributed by atoms with E-state index in [9.17, 15) is 4.79 Å². The number of rotatable bonds is 7. The van der Waals surface area contributed by atoms with Gasteiger partial charge in [-0.2, -0.15) is 4.98 Å². The summed E-state index contributed by atoms with van der Waals surface area (Å²) < 4.78 is 14.3. The summed E-state index contributed by atoms with van der Waals surface area (Å²) in [5, 5.41) is 9.85. The molecule has 2 heterocycles. The number of carbonyl (C=O) groups is 1. The second-order valence-corrected chi connectivity index (χ2v) is 11.3. The molecule has 7 nitrogen and oxygen atoms in total. The Morgan fingerprint density at radius 2 is 2.08 bits per heavy atom. The second-order valence-electron chi connectivity index (χ2n) is 8.35. The molecule has 1 aliphatic heterocycles. The van der Waals surface area contributed by atoms with E-state index in [0.29, 0.717) is 43.5 Å². The molecular weight excluding hydrogens is 587 g/mol. The molecule has 0 fully saturated rings. The van der Waals surface area contributed by atoms with Gasteiger partial charge >= 0.3 is 0 Å². The molecule has 0 amide bonds. The molecule has 5 rings (SSSR count). The van der Waals surface area contributed by atoms with Crippen LogP contribution in [-0.2, 0) is 11.4 Å². The summed E-state index contributed by atoms with van der Waals surface area (Å²) in [6, 6.07) is 8.70. The van der Waals surface area contributed by atoms with Crippen molar-refractivity contribution in [3.63, 3.8) is 0 Å². The van der Waals surface area contributed by atoms with Crippen LogP contribution in [0.3, 0.4) is 0 Å². The van der Waals surface area contributed by atoms with E-state index >= 15 is 0 Å². The van der Waals surface area contributed by atoms with E-state index in [-0.39, 0.29) is 12.4 Å². The third-order valence-corrected chi connectivity index (χ3v) is 7.97. The Bertz CT molecular complexity index is 1380. The van der Waals surface area contributed by atoms with Gasteiger partial charge in [-0.05, 0) is 64.4 Å². The van der Waals surface area contributed by atoms with Crippen molar-refractivity contribution in [3.05, 3.63) is 67.2 Å². The molecule has 188 valence electrons. The number of fused-ring (bicyclic) bond motifs is 1. The van der Waals surface area contributed by atoms with Crippen molar-refractivity contribution in [2.45, 2.75) is 44.0 Å². The van der Waals surface area contributed by atoms with Crippen LogP contribution in [0, 0.1) is 0 Å². The summed E-state index contributed by atoms with van der Waals surface area (Å²) in [7, 11) is 1.59. The molecule has 0 spiro atoms. The van der Waals surface area contributed by atoms with E-state index in [1.54, 1.807) is 35.7 Å². The highest BCUT2D eigenvalue weighted by Gasteiger charge is 2.37. The van der Waals surface area contributed by atoms with Gasteiger partial charge in [0.05, 0.1) is 11.6 Å². The Kier molecular flexibility index (Phi) is 7.53. The van der Waals surface area contributed by atoms with Crippen LogP contribution in [-0.4, -0.2) is 33.4 Å². The minimum Gasteiger partial charge on any atom is -0.493 e. The molecule has 1 aromatic heterocycles. The molecule has 11 heteroatoms. The third-order valence-electron chi connectivity index (χ3n) is 6.08. The zero-order valence-corrected chi connectivity index (χ0v) is 23.5. The highest BCUT2D eigenvalue weighted by molar-refractivity contribution is 9.10. The first-order chi connectivity index (χ1) is 17.4. The summed E-state index contributed by atoms with van der Waals surface area (Å²) in [4.78, 5) is 17.8. The van der Waals surface area contributed by atoms with Gasteiger partial charge in [-0.15, -0.1) is 5.10 Å². The van der Waals surface area contributed by atoms with Gasteiger partial charge < -0.3 is 14.8 Å². The van der Waals surface area contributed by atoms with Gasteiger partial charge in [0.15, 0.2) is 17.3 Å². The van der Waals surface area contributed by atoms with Crippen LogP contribution in [0.15, 0.2) is 51.2 Å². The maximum absolute atomic E-state index is 13.1. The van der Waals surface area contributed by atoms with Crippen LogP contribution in [0.1, 0.15) is 43.4 Å². The lowest BCUT2D eigenvalue weighted by Crippen LogP contribution is -2.31. The number of nitrogens with zero attached hydrogens (tertiary/aromatic N) is 3. The number of allylic oxidation sites excluding steroid dienone is 2. The number of Topliss-reactive ketones (excluding diaryl/α,β-unsaturated/α-hetero) is 1. The smallest absolute Gasteiger partial charge is 0.227 e. The quantitative estimate of drug-likeness (QED) is 0.287. The summed E-state index contributed by atoms with van der Waals surface area (Å²) >= 11 is 17.6. The molecule has 1 N–H and O–H groups in total. The van der Waals surface area contributed by atoms with Crippen molar-refractivity contribution < 1.29 is 14.3 Å². The number of methoxy groups -OCH3 is 1. The van der Waals surface area contributed by atoms with Crippen molar-refractivity contribution in [1.29, 1.82) is 0 Å². The van der Waals surface area contributed by atoms with Gasteiger partial charge in [0.25, 0.3) is 0 Å². The number of ether oxygens (including phenoxy) is 2. The molecule has 1 unspecified atom stereocenters. The van der Waals surface area contributed by atoms with Crippen molar-refractivity contribution in [1.82, 2.24) is 14.8 Å². The molecule has 3 aromatic rings. The van der Waals surface area contributed by atoms with Gasteiger partial charge in [-0.25, -0.2) is 4.68 Å². The Morgan fingerprint density at radius 1 is 1.25 bits per heavy atom. The molecule has 0 saturated carbocycles. The number of nitrogens with one attached hydrogen (secondary N) is 1. The van der Waals surface area contributed by atoms with Crippen molar-refractivity contribution in [3.8, 4) is 11.5 Å². The van der Waals surface area contributed by atoms with Gasteiger partial charge in [-0.3, -0.25) is 4.79 Å². The van der Waals surface area contributed by atoms with E-state index in [4.69, 9.17) is 37.8 Å². The SMILES string of the molecule is CCSc1nc2n(n1)C(c1cc(Br)c(OCc3ccc(Cl)cc3Cl)c(OC)c1)C1=C(CCCC1=O)N2. The largest absolute Gasteiger partial charge is 0.493 e. The molecule has 2 aliphatic rings. The molecule has 0 bridgehead atoms. The predicted molar refractivity (Wildman–Crippen MR) is 146 cm³/mol. The zero-order chi connectivity index (χ0) is 25.4. The van der Waals surface area contributed by atoms with Crippen LogP contribution >= 0.6 is 50.9 Å². The molecular formula is C25H23BrCl2N4O3S. The lowest BCUT2D eigenvalue weighted by molar-refractivity contribution is -0.116. The molecule has 36 heavy (non-hydrogen) atoms. The summed E-state index contributed by atoms with van der Waals surface area (Å²) in [6.07, 6.45) is 2.12. The van der Waals surface area contributed by atoms with Crippen LogP contribution in [0.25, 0.3) is 0 Å². The van der Waals surface area contributed by atoms with E-state index < -0.39 is 6.04 Å². The number of aromatic nitrogens is 3. The van der Waals surface area contributed by atoms with Crippen molar-refractivity contribution in [2.75, 3.05) is 18.2 Å². The Labute approximate surface area is 231 Å². The Morgan fingerprint density at radius 3 is 2.83 bits per heavy atom. The fourth-order valence-corrected chi connectivity index (χ4v) is 6.05. The average molecular weight is 610 g/mol. The first-order valence-electron chi connectivity index (χ1n) is 11.5. The molecule has 2 aromatic carbocycles. The number of halogens is 3.